The standard InChI is InChI=1S/C50H41BN2/c1-3-16-34(17-4-1)40-32-30-36-20-7-9-22-38(36)49(40)52-44-26-13-11-24-42(44)51-43-25-12-14-27-45(43)53(47-29-15-28-46(52)48(47)51)50-39-23-10-8-21-37(39)31-33-41(50)35-18-5-2-6-19-35/h1-6,11-19,24-33H,7-10,20-23H2/i7D2,8D2,9D2,10D2,20D2,21D2,22D2,23D2,30D,31D,32D,33D. The van der Waals surface area contributed by atoms with Gasteiger partial charge in [-0.25, -0.2) is 0 Å². The lowest BCUT2D eigenvalue weighted by molar-refractivity contribution is 0.686. The number of nitrogens with zero attached hydrogens (tertiary/aromatic N) is 2. The smallest absolute Gasteiger partial charge is 0.252 e. The molecule has 0 N–H and O–H groups in total. The van der Waals surface area contributed by atoms with E-state index >= 15 is 0 Å². The third kappa shape index (κ3) is 4.73. The fraction of sp³-hybridized carbons (Fsp3) is 0.160. The van der Waals surface area contributed by atoms with Crippen molar-refractivity contribution in [3.05, 3.63) is 174 Å². The van der Waals surface area contributed by atoms with Crippen molar-refractivity contribution >= 4 is 57.2 Å². The number of hydrogen-bond acceptors (Lipinski definition) is 2. The maximum absolute atomic E-state index is 9.68. The molecule has 2 aliphatic carbocycles. The molecule has 53 heavy (non-hydrogen) atoms. The van der Waals surface area contributed by atoms with Gasteiger partial charge in [0.15, 0.2) is 0 Å². The lowest BCUT2D eigenvalue weighted by atomic mass is 9.33. The van der Waals surface area contributed by atoms with Crippen LogP contribution in [0.5, 0.6) is 0 Å². The molecule has 0 fully saturated rings. The van der Waals surface area contributed by atoms with Gasteiger partial charge in [0.05, 0.1) is 16.9 Å². The number of para-hydroxylation sites is 2. The van der Waals surface area contributed by atoms with Crippen LogP contribution in [0.2, 0.25) is 0 Å². The molecule has 0 spiro atoms. The second-order valence-corrected chi connectivity index (χ2v) is 13.1. The van der Waals surface area contributed by atoms with Crippen LogP contribution in [0.15, 0.2) is 152 Å². The van der Waals surface area contributed by atoms with E-state index in [1.165, 1.54) is 0 Å². The molecule has 0 saturated heterocycles. The van der Waals surface area contributed by atoms with Crippen LogP contribution in [0, 0.1) is 0 Å². The first-order chi connectivity index (χ1) is 34.0. The highest BCUT2D eigenvalue weighted by atomic mass is 15.2. The van der Waals surface area contributed by atoms with E-state index in [1.807, 2.05) is 0 Å². The maximum atomic E-state index is 9.68. The molecule has 0 saturated carbocycles. The van der Waals surface area contributed by atoms with E-state index in [9.17, 15) is 16.4 Å². The minimum atomic E-state index is -3.60. The van der Waals surface area contributed by atoms with Gasteiger partial charge in [-0.1, -0.05) is 127 Å². The van der Waals surface area contributed by atoms with E-state index in [1.54, 1.807) is 137 Å². The Morgan fingerprint density at radius 3 is 1.34 bits per heavy atom. The Balaban J connectivity index is 1.34. The zero-order chi connectivity index (χ0) is 52.7. The molecule has 7 aromatic rings. The summed E-state index contributed by atoms with van der Waals surface area (Å²) in [6, 6.07) is 32.5. The predicted molar refractivity (Wildman–Crippen MR) is 225 cm³/mol. The summed E-state index contributed by atoms with van der Waals surface area (Å²) in [7, 11) is 0. The molecule has 4 aliphatic rings. The molecule has 0 atom stereocenters. The van der Waals surface area contributed by atoms with Gasteiger partial charge in [-0.3, -0.25) is 0 Å². The molecule has 0 bridgehead atoms. The van der Waals surface area contributed by atoms with Crippen LogP contribution in [0.25, 0.3) is 22.3 Å². The number of hydrogen-bond donors (Lipinski definition) is 0. The predicted octanol–water partition coefficient (Wildman–Crippen LogP) is 10.9. The summed E-state index contributed by atoms with van der Waals surface area (Å²) in [6.07, 6.45) is -28.0. The summed E-state index contributed by atoms with van der Waals surface area (Å²) in [5.74, 6) is 0. The van der Waals surface area contributed by atoms with Crippen molar-refractivity contribution in [1.29, 1.82) is 0 Å². The third-order valence-electron chi connectivity index (χ3n) is 10.3. The van der Waals surface area contributed by atoms with E-state index in [0.29, 0.717) is 27.8 Å². The Morgan fingerprint density at radius 1 is 0.434 bits per heavy atom. The van der Waals surface area contributed by atoms with Crippen LogP contribution in [0.3, 0.4) is 0 Å². The van der Waals surface area contributed by atoms with Gasteiger partial charge in [-0.2, -0.15) is 0 Å². The highest BCUT2D eigenvalue weighted by molar-refractivity contribution is 7.00. The molecule has 2 nitrogen and oxygen atoms in total. The van der Waals surface area contributed by atoms with Crippen molar-refractivity contribution < 1.29 is 27.4 Å². The van der Waals surface area contributed by atoms with E-state index < -0.39 is 104 Å². The van der Waals surface area contributed by atoms with Gasteiger partial charge in [-0.15, -0.1) is 0 Å². The lowest BCUT2D eigenvalue weighted by Gasteiger charge is -2.46. The van der Waals surface area contributed by atoms with Gasteiger partial charge >= 0.3 is 0 Å². The van der Waals surface area contributed by atoms with Crippen LogP contribution in [-0.4, -0.2) is 6.71 Å². The molecule has 0 amide bonds. The van der Waals surface area contributed by atoms with Crippen LogP contribution < -0.4 is 26.2 Å². The molecule has 0 unspecified atom stereocenters. The first-order valence-corrected chi connectivity index (χ1v) is 17.4. The topological polar surface area (TPSA) is 6.48 Å². The van der Waals surface area contributed by atoms with Crippen molar-refractivity contribution in [3.63, 3.8) is 0 Å². The summed E-state index contributed by atoms with van der Waals surface area (Å²) < 4.78 is 186. The largest absolute Gasteiger partial charge is 0.311 e. The molecule has 0 radical (unpaired) electrons. The fourth-order valence-corrected chi connectivity index (χ4v) is 8.18. The molecule has 254 valence electrons. The number of fused-ring (bicyclic) bond motifs is 6. The molecule has 0 aromatic heterocycles. The van der Waals surface area contributed by atoms with E-state index in [-0.39, 0.29) is 45.0 Å². The average Bonchev–Trinajstić information content (AvgIpc) is 3.34. The van der Waals surface area contributed by atoms with Gasteiger partial charge in [0.1, 0.15) is 0 Å². The normalized spacial score (nSPS) is 28.3. The van der Waals surface area contributed by atoms with Gasteiger partial charge in [-0.05, 0) is 125 Å². The Bertz CT molecular complexity index is 3280. The summed E-state index contributed by atoms with van der Waals surface area (Å²) in [6.45, 7) is -0.762. The molecule has 11 rings (SSSR count). The molecule has 2 aliphatic heterocycles. The Morgan fingerprint density at radius 2 is 0.849 bits per heavy atom. The Kier molecular flexibility index (Phi) is 3.96. The van der Waals surface area contributed by atoms with Crippen LogP contribution in [-0.2, 0) is 25.5 Å². The third-order valence-corrected chi connectivity index (χ3v) is 10.3. The highest BCUT2D eigenvalue weighted by Gasteiger charge is 2.44. The summed E-state index contributed by atoms with van der Waals surface area (Å²) >= 11 is 0. The van der Waals surface area contributed by atoms with Gasteiger partial charge in [0.2, 0.25) is 0 Å². The average molecular weight is 701 g/mol. The van der Waals surface area contributed by atoms with Crippen molar-refractivity contribution in [2.45, 2.75) is 51.0 Å². The van der Waals surface area contributed by atoms with Gasteiger partial charge in [0, 0.05) is 55.8 Å². The minimum absolute atomic E-state index is 0.0987. The Hall–Kier alpha value is -5.80. The van der Waals surface area contributed by atoms with Crippen LogP contribution in [0.4, 0.5) is 34.1 Å². The summed E-state index contributed by atoms with van der Waals surface area (Å²) in [5, 5.41) is 0. The van der Waals surface area contributed by atoms with Crippen LogP contribution >= 0.6 is 0 Å². The summed E-state index contributed by atoms with van der Waals surface area (Å²) in [4.78, 5) is 3.11. The molecule has 3 heteroatoms. The van der Waals surface area contributed by atoms with Crippen molar-refractivity contribution in [2.24, 2.45) is 0 Å². The SMILES string of the molecule is [2H]c1c([2H])c2c(c(N3c4ccccc4B4c5ccccc5N(c5c(-c6ccccc6)c([2H])c([2H])c6c5C([2H])([2H])C([2H])([2H])C([2H])([2H])C6([2H])[2H])c5cccc3c54)c1-c1ccccc1)C([2H])([2H])C([2H])([2H])C([2H])([2H])C2([2H])[2H]. The Labute approximate surface area is 341 Å². The van der Waals surface area contributed by atoms with Gasteiger partial charge in [0.25, 0.3) is 6.71 Å². The van der Waals surface area contributed by atoms with E-state index in [4.69, 9.17) is 11.0 Å². The number of anilines is 6. The first kappa shape index (κ1) is 16.9. The van der Waals surface area contributed by atoms with Gasteiger partial charge < -0.3 is 9.80 Å². The molecule has 7 aromatic carbocycles. The second kappa shape index (κ2) is 12.4. The van der Waals surface area contributed by atoms with E-state index in [0.717, 1.165) is 0 Å². The number of rotatable bonds is 4. The first-order valence-electron chi connectivity index (χ1n) is 27.4. The second-order valence-electron chi connectivity index (χ2n) is 13.1. The molecular formula is C50H41BN2. The van der Waals surface area contributed by atoms with Crippen LogP contribution in [0.1, 0.15) is 75.2 Å². The van der Waals surface area contributed by atoms with E-state index in [2.05, 4.69) is 0 Å². The monoisotopic (exact) mass is 700 g/mol. The maximum Gasteiger partial charge on any atom is 0.252 e. The zero-order valence-electron chi connectivity index (χ0n) is 48.1. The molecular weight excluding hydrogens is 639 g/mol. The highest BCUT2D eigenvalue weighted by Crippen LogP contribution is 2.51. The summed E-state index contributed by atoms with van der Waals surface area (Å²) in [5.41, 5.74) is -0.620. The van der Waals surface area contributed by atoms with Crippen molar-refractivity contribution in [2.75, 3.05) is 9.80 Å². The van der Waals surface area contributed by atoms with Crippen molar-refractivity contribution in [3.8, 4) is 22.3 Å². The minimum Gasteiger partial charge on any atom is -0.311 e. The zero-order valence-corrected chi connectivity index (χ0v) is 28.1. The number of benzene rings is 7. The van der Waals surface area contributed by atoms with Crippen molar-refractivity contribution in [1.82, 2.24) is 0 Å². The fourth-order valence-electron chi connectivity index (χ4n) is 8.18. The lowest BCUT2D eigenvalue weighted by Crippen LogP contribution is -2.61. The quantitative estimate of drug-likeness (QED) is 0.169. The molecule has 2 heterocycles.